The molecule has 0 saturated carbocycles. The van der Waals surface area contributed by atoms with E-state index in [2.05, 4.69) is 9.89 Å². The molecule has 0 atom stereocenters. The molecule has 6 nitrogen and oxygen atoms in total. The van der Waals surface area contributed by atoms with Crippen LogP contribution in [-0.2, 0) is 21.0 Å². The minimum atomic E-state index is -0.689. The summed E-state index contributed by atoms with van der Waals surface area (Å²) >= 11 is 0. The zero-order chi connectivity index (χ0) is 18.2. The summed E-state index contributed by atoms with van der Waals surface area (Å²) in [6, 6.07) is 14.5. The molecule has 0 aliphatic carbocycles. The molecule has 1 N–H and O–H groups in total. The third kappa shape index (κ3) is 4.67. The maximum Gasteiger partial charge on any atom is 0.356 e. The molecule has 0 fully saturated rings. The van der Waals surface area contributed by atoms with Crippen LogP contribution in [0.15, 0.2) is 53.7 Å². The van der Waals surface area contributed by atoms with E-state index in [-0.39, 0.29) is 12.3 Å². The summed E-state index contributed by atoms with van der Waals surface area (Å²) in [5.41, 5.74) is 2.56. The smallest absolute Gasteiger partial charge is 0.356 e. The summed E-state index contributed by atoms with van der Waals surface area (Å²) in [5, 5.41) is 12.0. The third-order valence-corrected chi connectivity index (χ3v) is 3.61. The third-order valence-electron chi connectivity index (χ3n) is 3.61. The second kappa shape index (κ2) is 8.63. The molecular weight excluding hydrogens is 320 g/mol. The SMILES string of the molecule is COC(=O)C(=N)c1ccccc1CO/N=C(\C)c1ccc(OC)cc1. The molecule has 0 aliphatic rings. The normalized spacial score (nSPS) is 10.9. The van der Waals surface area contributed by atoms with Crippen molar-refractivity contribution in [1.82, 2.24) is 0 Å². The van der Waals surface area contributed by atoms with Crippen molar-refractivity contribution in [2.75, 3.05) is 14.2 Å². The van der Waals surface area contributed by atoms with Crippen molar-refractivity contribution in [3.8, 4) is 5.75 Å². The lowest BCUT2D eigenvalue weighted by Crippen LogP contribution is -2.17. The fraction of sp³-hybridized carbons (Fsp3) is 0.211. The highest BCUT2D eigenvalue weighted by atomic mass is 16.6. The molecule has 0 aromatic heterocycles. The van der Waals surface area contributed by atoms with Crippen LogP contribution in [0.1, 0.15) is 23.6 Å². The van der Waals surface area contributed by atoms with E-state index >= 15 is 0 Å². The van der Waals surface area contributed by atoms with Gasteiger partial charge in [0.15, 0.2) is 0 Å². The van der Waals surface area contributed by atoms with Gasteiger partial charge < -0.3 is 14.3 Å². The Balaban J connectivity index is 2.08. The van der Waals surface area contributed by atoms with E-state index in [1.54, 1.807) is 25.3 Å². The Bertz CT molecular complexity index is 782. The highest BCUT2D eigenvalue weighted by Crippen LogP contribution is 2.14. The number of esters is 1. The zero-order valence-electron chi connectivity index (χ0n) is 14.4. The molecule has 0 amide bonds. The van der Waals surface area contributed by atoms with Crippen LogP contribution in [0.4, 0.5) is 0 Å². The Labute approximate surface area is 146 Å². The number of carbonyl (C=O) groups is 1. The molecule has 25 heavy (non-hydrogen) atoms. The van der Waals surface area contributed by atoms with Crippen LogP contribution in [0.25, 0.3) is 0 Å². The van der Waals surface area contributed by atoms with Gasteiger partial charge in [-0.15, -0.1) is 0 Å². The molecule has 0 spiro atoms. The van der Waals surface area contributed by atoms with Crippen LogP contribution >= 0.6 is 0 Å². The summed E-state index contributed by atoms with van der Waals surface area (Å²) in [7, 11) is 2.86. The highest BCUT2D eigenvalue weighted by molar-refractivity contribution is 6.42. The standard InChI is InChI=1S/C19H20N2O4/c1-13(14-8-10-16(23-2)11-9-14)21-25-12-15-6-4-5-7-17(15)18(20)19(22)24-3/h4-11,20H,12H2,1-3H3/b20-18?,21-13+. The lowest BCUT2D eigenvalue weighted by atomic mass is 10.0. The first-order valence-electron chi connectivity index (χ1n) is 7.63. The Hall–Kier alpha value is -3.15. The van der Waals surface area contributed by atoms with E-state index in [0.29, 0.717) is 16.8 Å². The molecule has 0 unspecified atom stereocenters. The number of benzene rings is 2. The first-order valence-corrected chi connectivity index (χ1v) is 7.63. The van der Waals surface area contributed by atoms with Gasteiger partial charge in [-0.25, -0.2) is 4.79 Å². The predicted octanol–water partition coefficient (Wildman–Crippen LogP) is 3.18. The predicted molar refractivity (Wildman–Crippen MR) is 95.3 cm³/mol. The second-order valence-electron chi connectivity index (χ2n) is 5.20. The van der Waals surface area contributed by atoms with Gasteiger partial charge in [-0.05, 0) is 36.8 Å². The fourth-order valence-corrected chi connectivity index (χ4v) is 2.19. The van der Waals surface area contributed by atoms with Crippen LogP contribution in [0, 0.1) is 5.41 Å². The van der Waals surface area contributed by atoms with Crippen molar-refractivity contribution < 1.29 is 19.1 Å². The highest BCUT2D eigenvalue weighted by Gasteiger charge is 2.15. The van der Waals surface area contributed by atoms with E-state index in [0.717, 1.165) is 11.3 Å². The maximum absolute atomic E-state index is 11.6. The molecule has 0 radical (unpaired) electrons. The minimum absolute atomic E-state index is 0.142. The Morgan fingerprint density at radius 2 is 1.76 bits per heavy atom. The average Bonchev–Trinajstić information content (AvgIpc) is 2.67. The molecule has 6 heteroatoms. The molecule has 0 saturated heterocycles. The summed E-state index contributed by atoms with van der Waals surface area (Å²) in [6.07, 6.45) is 0. The van der Waals surface area contributed by atoms with Crippen LogP contribution < -0.4 is 4.74 Å². The van der Waals surface area contributed by atoms with Crippen molar-refractivity contribution in [2.24, 2.45) is 5.16 Å². The van der Waals surface area contributed by atoms with Crippen molar-refractivity contribution in [3.05, 3.63) is 65.2 Å². The first kappa shape index (κ1) is 18.2. The molecular formula is C19H20N2O4. The number of hydrogen-bond acceptors (Lipinski definition) is 6. The lowest BCUT2D eigenvalue weighted by molar-refractivity contribution is -0.132. The second-order valence-corrected chi connectivity index (χ2v) is 5.20. The van der Waals surface area contributed by atoms with Crippen LogP contribution in [0.3, 0.4) is 0 Å². The van der Waals surface area contributed by atoms with Gasteiger partial charge in [0.2, 0.25) is 0 Å². The average molecular weight is 340 g/mol. The van der Waals surface area contributed by atoms with Crippen molar-refractivity contribution >= 4 is 17.4 Å². The van der Waals surface area contributed by atoms with Gasteiger partial charge in [-0.3, -0.25) is 5.41 Å². The lowest BCUT2D eigenvalue weighted by Gasteiger charge is -2.09. The number of nitrogens with zero attached hydrogens (tertiary/aromatic N) is 1. The molecule has 0 aliphatic heterocycles. The number of hydrogen-bond donors (Lipinski definition) is 1. The summed E-state index contributed by atoms with van der Waals surface area (Å²) in [6.45, 7) is 1.98. The van der Waals surface area contributed by atoms with E-state index < -0.39 is 5.97 Å². The number of rotatable bonds is 7. The van der Waals surface area contributed by atoms with Gasteiger partial charge in [0.1, 0.15) is 18.1 Å². The van der Waals surface area contributed by atoms with Crippen LogP contribution in [0.2, 0.25) is 0 Å². The summed E-state index contributed by atoms with van der Waals surface area (Å²) in [4.78, 5) is 17.0. The van der Waals surface area contributed by atoms with Gasteiger partial charge in [0.05, 0.1) is 19.9 Å². The van der Waals surface area contributed by atoms with Gasteiger partial charge in [-0.1, -0.05) is 29.4 Å². The number of oxime groups is 1. The Kier molecular flexibility index (Phi) is 6.28. The van der Waals surface area contributed by atoms with Gasteiger partial charge in [0.25, 0.3) is 0 Å². The van der Waals surface area contributed by atoms with Crippen LogP contribution in [0.5, 0.6) is 5.75 Å². The molecule has 130 valence electrons. The Morgan fingerprint density at radius 3 is 2.40 bits per heavy atom. The quantitative estimate of drug-likeness (QED) is 0.477. The molecule has 2 aromatic rings. The van der Waals surface area contributed by atoms with E-state index in [4.69, 9.17) is 15.0 Å². The number of methoxy groups -OCH3 is 2. The topological polar surface area (TPSA) is 81.0 Å². The zero-order valence-corrected chi connectivity index (χ0v) is 14.4. The van der Waals surface area contributed by atoms with Crippen LogP contribution in [-0.4, -0.2) is 31.6 Å². The number of ether oxygens (including phenoxy) is 2. The van der Waals surface area contributed by atoms with Crippen molar-refractivity contribution in [2.45, 2.75) is 13.5 Å². The largest absolute Gasteiger partial charge is 0.497 e. The monoisotopic (exact) mass is 340 g/mol. The maximum atomic E-state index is 11.6. The fourth-order valence-electron chi connectivity index (χ4n) is 2.19. The summed E-state index contributed by atoms with van der Waals surface area (Å²) in [5.74, 6) is 0.0816. The van der Waals surface area contributed by atoms with Gasteiger partial charge in [0, 0.05) is 11.1 Å². The summed E-state index contributed by atoms with van der Waals surface area (Å²) < 4.78 is 9.72. The van der Waals surface area contributed by atoms with E-state index in [1.165, 1.54) is 7.11 Å². The Morgan fingerprint density at radius 1 is 1.08 bits per heavy atom. The number of carbonyl (C=O) groups excluding carboxylic acids is 1. The molecule has 0 bridgehead atoms. The van der Waals surface area contributed by atoms with Gasteiger partial charge in [-0.2, -0.15) is 0 Å². The van der Waals surface area contributed by atoms with E-state index in [1.807, 2.05) is 37.3 Å². The molecule has 2 rings (SSSR count). The van der Waals surface area contributed by atoms with E-state index in [9.17, 15) is 4.79 Å². The minimum Gasteiger partial charge on any atom is -0.497 e. The van der Waals surface area contributed by atoms with Gasteiger partial charge >= 0.3 is 5.97 Å². The molecule has 0 heterocycles. The van der Waals surface area contributed by atoms with Crippen molar-refractivity contribution in [3.63, 3.8) is 0 Å². The molecule has 2 aromatic carbocycles. The first-order chi connectivity index (χ1) is 12.1. The van der Waals surface area contributed by atoms with Crippen molar-refractivity contribution in [1.29, 1.82) is 5.41 Å². The number of nitrogens with one attached hydrogen (secondary N) is 1.